The molecule has 1 heterocycles. The molecule has 1 aromatic heterocycles. The zero-order valence-corrected chi connectivity index (χ0v) is 16.9. The van der Waals surface area contributed by atoms with Gasteiger partial charge in [-0.3, -0.25) is 0 Å². The first-order chi connectivity index (χ1) is 14.7. The maximum absolute atomic E-state index is 14.2. The van der Waals surface area contributed by atoms with Crippen molar-refractivity contribution in [2.75, 3.05) is 33.0 Å². The third-order valence-electron chi connectivity index (χ3n) is 4.71. The normalized spacial score (nSPS) is 11.1. The van der Waals surface area contributed by atoms with Gasteiger partial charge in [-0.05, 0) is 41.5 Å². The molecule has 1 N–H and O–H groups in total. The lowest BCUT2D eigenvalue weighted by atomic mass is 10.1. The molecule has 0 radical (unpaired) electrons. The molecule has 0 aliphatic heterocycles. The average Bonchev–Trinajstić information content (AvgIpc) is 3.13. The molecule has 158 valence electrons. The second-order valence-corrected chi connectivity index (χ2v) is 6.92. The summed E-state index contributed by atoms with van der Waals surface area (Å²) in [5.74, 6) is 1.97. The van der Waals surface area contributed by atoms with Gasteiger partial charge in [-0.25, -0.2) is 8.78 Å². The minimum absolute atomic E-state index is 0.268. The molecule has 0 saturated heterocycles. The van der Waals surface area contributed by atoms with E-state index in [9.17, 15) is 8.78 Å². The summed E-state index contributed by atoms with van der Waals surface area (Å²) in [6.07, 6.45) is 7.69. The number of terminal acetylenes is 1. The van der Waals surface area contributed by atoms with Crippen LogP contribution in [0.4, 0.5) is 8.78 Å². The van der Waals surface area contributed by atoms with Gasteiger partial charge in [0.15, 0.2) is 0 Å². The number of rotatable bonds is 12. The van der Waals surface area contributed by atoms with E-state index in [-0.39, 0.29) is 11.6 Å². The minimum atomic E-state index is -0.279. The third-order valence-corrected chi connectivity index (χ3v) is 4.71. The molecule has 3 rings (SSSR count). The maximum atomic E-state index is 14.2. The summed E-state index contributed by atoms with van der Waals surface area (Å²) in [5, 5.41) is 4.28. The second-order valence-electron chi connectivity index (χ2n) is 6.92. The van der Waals surface area contributed by atoms with Gasteiger partial charge in [0.05, 0.1) is 31.9 Å². The van der Waals surface area contributed by atoms with Crippen molar-refractivity contribution in [3.05, 3.63) is 71.4 Å². The Labute approximate surface area is 175 Å². The SMILES string of the molecule is C#CCCOCCOCCNCc1cc(F)cc2c1ccn2Cc1ccc(F)cc1. The molecule has 0 atom stereocenters. The van der Waals surface area contributed by atoms with Gasteiger partial charge < -0.3 is 19.4 Å². The lowest BCUT2D eigenvalue weighted by molar-refractivity contribution is 0.0510. The highest BCUT2D eigenvalue weighted by Crippen LogP contribution is 2.23. The number of fused-ring (bicyclic) bond motifs is 1. The number of ether oxygens (including phenoxy) is 2. The largest absolute Gasteiger partial charge is 0.378 e. The highest BCUT2D eigenvalue weighted by atomic mass is 19.1. The monoisotopic (exact) mass is 412 g/mol. The van der Waals surface area contributed by atoms with Gasteiger partial charge in [-0.2, -0.15) is 0 Å². The van der Waals surface area contributed by atoms with Crippen molar-refractivity contribution >= 4 is 10.9 Å². The predicted octanol–water partition coefficient (Wildman–Crippen LogP) is 4.11. The molecule has 0 spiro atoms. The number of nitrogens with zero attached hydrogens (tertiary/aromatic N) is 1. The summed E-state index contributed by atoms with van der Waals surface area (Å²) in [7, 11) is 0. The van der Waals surface area contributed by atoms with E-state index < -0.39 is 0 Å². The summed E-state index contributed by atoms with van der Waals surface area (Å²) in [5.41, 5.74) is 2.66. The van der Waals surface area contributed by atoms with Gasteiger partial charge in [0, 0.05) is 37.6 Å². The van der Waals surface area contributed by atoms with Crippen molar-refractivity contribution in [1.29, 1.82) is 0 Å². The van der Waals surface area contributed by atoms with Gasteiger partial charge in [0.25, 0.3) is 0 Å². The van der Waals surface area contributed by atoms with E-state index in [0.29, 0.717) is 52.5 Å². The lowest BCUT2D eigenvalue weighted by Gasteiger charge is -2.10. The van der Waals surface area contributed by atoms with Crippen LogP contribution in [0.25, 0.3) is 10.9 Å². The first-order valence-electron chi connectivity index (χ1n) is 9.99. The summed E-state index contributed by atoms with van der Waals surface area (Å²) < 4.78 is 40.1. The molecule has 30 heavy (non-hydrogen) atoms. The Morgan fingerprint density at radius 3 is 2.47 bits per heavy atom. The Morgan fingerprint density at radius 2 is 1.70 bits per heavy atom. The summed E-state index contributed by atoms with van der Waals surface area (Å²) >= 11 is 0. The zero-order chi connectivity index (χ0) is 21.2. The Kier molecular flexibility index (Phi) is 8.40. The Bertz CT molecular complexity index is 977. The molecule has 2 aromatic carbocycles. The van der Waals surface area contributed by atoms with Gasteiger partial charge in [0.1, 0.15) is 11.6 Å². The molecule has 0 unspecified atom stereocenters. The summed E-state index contributed by atoms with van der Waals surface area (Å²) in [6, 6.07) is 11.4. The van der Waals surface area contributed by atoms with Crippen molar-refractivity contribution < 1.29 is 18.3 Å². The number of hydrogen-bond acceptors (Lipinski definition) is 3. The fraction of sp³-hybridized carbons (Fsp3) is 0.333. The first kappa shape index (κ1) is 22.0. The van der Waals surface area contributed by atoms with Crippen molar-refractivity contribution in [3.8, 4) is 12.3 Å². The van der Waals surface area contributed by atoms with Crippen molar-refractivity contribution in [3.63, 3.8) is 0 Å². The lowest BCUT2D eigenvalue weighted by Crippen LogP contribution is -2.20. The fourth-order valence-electron chi connectivity index (χ4n) is 3.22. The maximum Gasteiger partial charge on any atom is 0.125 e. The van der Waals surface area contributed by atoms with Crippen LogP contribution in [0, 0.1) is 24.0 Å². The van der Waals surface area contributed by atoms with Crippen molar-refractivity contribution in [1.82, 2.24) is 9.88 Å². The molecule has 0 amide bonds. The third kappa shape index (κ3) is 6.39. The molecule has 3 aromatic rings. The average molecular weight is 412 g/mol. The van der Waals surface area contributed by atoms with Gasteiger partial charge in [-0.1, -0.05) is 12.1 Å². The highest BCUT2D eigenvalue weighted by Gasteiger charge is 2.09. The second kappa shape index (κ2) is 11.5. The first-order valence-corrected chi connectivity index (χ1v) is 9.99. The van der Waals surface area contributed by atoms with Crippen LogP contribution < -0.4 is 5.32 Å². The van der Waals surface area contributed by atoms with Crippen LogP contribution in [-0.4, -0.2) is 37.5 Å². The quantitative estimate of drug-likeness (QED) is 0.359. The van der Waals surface area contributed by atoms with E-state index in [0.717, 1.165) is 22.0 Å². The molecule has 0 saturated carbocycles. The van der Waals surface area contributed by atoms with E-state index >= 15 is 0 Å². The van der Waals surface area contributed by atoms with Crippen LogP contribution in [-0.2, 0) is 22.6 Å². The van der Waals surface area contributed by atoms with Crippen LogP contribution in [0.15, 0.2) is 48.7 Å². The van der Waals surface area contributed by atoms with Gasteiger partial charge >= 0.3 is 0 Å². The molecule has 4 nitrogen and oxygen atoms in total. The summed E-state index contributed by atoms with van der Waals surface area (Å²) in [6.45, 7) is 3.88. The molecule has 0 fully saturated rings. The number of aromatic nitrogens is 1. The van der Waals surface area contributed by atoms with Gasteiger partial charge in [0.2, 0.25) is 0 Å². The Morgan fingerprint density at radius 1 is 0.933 bits per heavy atom. The molecule has 0 aliphatic carbocycles. The van der Waals surface area contributed by atoms with Crippen LogP contribution in [0.5, 0.6) is 0 Å². The van der Waals surface area contributed by atoms with Crippen LogP contribution in [0.2, 0.25) is 0 Å². The van der Waals surface area contributed by atoms with E-state index in [4.69, 9.17) is 15.9 Å². The number of benzene rings is 2. The minimum Gasteiger partial charge on any atom is -0.378 e. The van der Waals surface area contributed by atoms with E-state index in [1.807, 2.05) is 16.8 Å². The van der Waals surface area contributed by atoms with E-state index in [2.05, 4.69) is 11.2 Å². The highest BCUT2D eigenvalue weighted by molar-refractivity contribution is 5.84. The number of nitrogens with one attached hydrogen (secondary N) is 1. The molecular weight excluding hydrogens is 386 g/mol. The zero-order valence-electron chi connectivity index (χ0n) is 16.9. The standard InChI is InChI=1S/C24H26F2N2O2/c1-2-3-11-29-13-14-30-12-9-27-17-20-15-22(26)16-24-23(20)8-10-28(24)18-19-4-6-21(25)7-5-19/h1,4-8,10,15-16,27H,3,9,11-14,17-18H2. The van der Waals surface area contributed by atoms with Gasteiger partial charge in [-0.15, -0.1) is 12.3 Å². The van der Waals surface area contributed by atoms with Crippen molar-refractivity contribution in [2.24, 2.45) is 0 Å². The Balaban J connectivity index is 1.51. The molecular formula is C24H26F2N2O2. The number of hydrogen-bond donors (Lipinski definition) is 1. The fourth-order valence-corrected chi connectivity index (χ4v) is 3.22. The van der Waals surface area contributed by atoms with Crippen LogP contribution >= 0.6 is 0 Å². The Hall–Kier alpha value is -2.72. The summed E-state index contributed by atoms with van der Waals surface area (Å²) in [4.78, 5) is 0. The molecule has 0 bridgehead atoms. The van der Waals surface area contributed by atoms with E-state index in [1.54, 1.807) is 18.2 Å². The van der Waals surface area contributed by atoms with Crippen LogP contribution in [0.1, 0.15) is 17.5 Å². The topological polar surface area (TPSA) is 35.4 Å². The number of halogens is 2. The van der Waals surface area contributed by atoms with Crippen molar-refractivity contribution in [2.45, 2.75) is 19.5 Å². The predicted molar refractivity (Wildman–Crippen MR) is 114 cm³/mol. The smallest absolute Gasteiger partial charge is 0.125 e. The molecule has 6 heteroatoms. The van der Waals surface area contributed by atoms with E-state index in [1.165, 1.54) is 18.2 Å². The molecule has 0 aliphatic rings. The van der Waals surface area contributed by atoms with Crippen LogP contribution in [0.3, 0.4) is 0 Å².